The van der Waals surface area contributed by atoms with E-state index >= 15 is 0 Å². The second kappa shape index (κ2) is 9.42. The van der Waals surface area contributed by atoms with E-state index < -0.39 is 11.6 Å². The number of amides is 1. The van der Waals surface area contributed by atoms with Crippen molar-refractivity contribution >= 4 is 35.0 Å². The highest BCUT2D eigenvalue weighted by Crippen LogP contribution is 2.52. The standard InChI is InChI=1S/C28H35Cl2N3O2/c1-16(2)23-26(35-6)33-21(15-27(3,4)5)28(31,18-10-12-19(29)13-11-18)22(24(33)25(34)32-23)17-8-7-9-20(30)14-17/h7-14,16,21-24H,15,31H2,1-6H3/p+1. The number of nitrogens with one attached hydrogen (secondary N) is 1. The average Bonchev–Trinajstić information content (AvgIpc) is 3.03. The lowest BCUT2D eigenvalue weighted by atomic mass is 9.68. The molecule has 0 aromatic heterocycles. The third-order valence-electron chi connectivity index (χ3n) is 7.34. The van der Waals surface area contributed by atoms with Crippen LogP contribution in [-0.2, 0) is 15.1 Å². The van der Waals surface area contributed by atoms with E-state index in [1.54, 1.807) is 7.11 Å². The summed E-state index contributed by atoms with van der Waals surface area (Å²) in [7, 11) is 1.68. The Morgan fingerprint density at radius 1 is 1.11 bits per heavy atom. The fraction of sp³-hybridized carbons (Fsp3) is 0.500. The van der Waals surface area contributed by atoms with Crippen LogP contribution in [0.5, 0.6) is 0 Å². The average molecular weight is 518 g/mol. The predicted molar refractivity (Wildman–Crippen MR) is 142 cm³/mol. The zero-order valence-electron chi connectivity index (χ0n) is 21.3. The maximum atomic E-state index is 13.9. The molecular formula is C28H36Cl2N3O2+. The summed E-state index contributed by atoms with van der Waals surface area (Å²) in [5, 5.41) is 4.48. The Bertz CT molecular complexity index is 1140. The molecule has 0 saturated carbocycles. The van der Waals surface area contributed by atoms with Gasteiger partial charge in [0.1, 0.15) is 5.54 Å². The number of carbonyl (C=O) groups is 1. The molecule has 2 aliphatic heterocycles. The van der Waals surface area contributed by atoms with Crippen molar-refractivity contribution in [3.8, 4) is 0 Å². The van der Waals surface area contributed by atoms with Crippen molar-refractivity contribution in [1.29, 1.82) is 0 Å². The van der Waals surface area contributed by atoms with Crippen LogP contribution in [0, 0.1) is 11.3 Å². The molecule has 5 nitrogen and oxygen atoms in total. The van der Waals surface area contributed by atoms with Gasteiger partial charge in [-0.1, -0.05) is 82.1 Å². The Kier molecular flexibility index (Phi) is 7.00. The molecule has 4 rings (SSSR count). The van der Waals surface area contributed by atoms with Gasteiger partial charge in [0.15, 0.2) is 12.1 Å². The Labute approximate surface area is 218 Å². The molecule has 2 aromatic rings. The third-order valence-corrected chi connectivity index (χ3v) is 7.82. The van der Waals surface area contributed by atoms with E-state index in [1.165, 1.54) is 0 Å². The summed E-state index contributed by atoms with van der Waals surface area (Å²) in [6.45, 7) is 10.8. The summed E-state index contributed by atoms with van der Waals surface area (Å²) < 4.78 is 8.23. The molecule has 0 bridgehead atoms. The van der Waals surface area contributed by atoms with Crippen molar-refractivity contribution in [3.63, 3.8) is 0 Å². The molecule has 7 heteroatoms. The monoisotopic (exact) mass is 516 g/mol. The second-order valence-corrected chi connectivity index (χ2v) is 12.3. The SMILES string of the molecule is COC1=[N+]2C(C(=O)NC1C(C)C)C(c1cccc(Cl)c1)C(N)(c1ccc(Cl)cc1)C2CC(C)(C)C. The molecule has 2 aromatic carbocycles. The highest BCUT2D eigenvalue weighted by atomic mass is 35.5. The van der Waals surface area contributed by atoms with Crippen LogP contribution in [0.1, 0.15) is 58.1 Å². The van der Waals surface area contributed by atoms with E-state index in [2.05, 4.69) is 44.5 Å². The van der Waals surface area contributed by atoms with Gasteiger partial charge in [-0.15, -0.1) is 0 Å². The van der Waals surface area contributed by atoms with Crippen LogP contribution in [0.25, 0.3) is 0 Å². The van der Waals surface area contributed by atoms with Crippen LogP contribution in [0.2, 0.25) is 10.0 Å². The fourth-order valence-electron chi connectivity index (χ4n) is 5.88. The predicted octanol–water partition coefficient (Wildman–Crippen LogP) is 5.33. The largest absolute Gasteiger partial charge is 0.450 e. The van der Waals surface area contributed by atoms with E-state index in [0.29, 0.717) is 10.0 Å². The first-order valence-corrected chi connectivity index (χ1v) is 12.9. The number of hydrogen-bond acceptors (Lipinski definition) is 3. The number of rotatable bonds is 4. The molecular weight excluding hydrogens is 481 g/mol. The van der Waals surface area contributed by atoms with Crippen LogP contribution < -0.4 is 11.1 Å². The maximum absolute atomic E-state index is 13.9. The van der Waals surface area contributed by atoms with E-state index in [0.717, 1.165) is 23.4 Å². The van der Waals surface area contributed by atoms with Gasteiger partial charge in [-0.25, -0.2) is 0 Å². The molecule has 2 aliphatic rings. The lowest BCUT2D eigenvalue weighted by Gasteiger charge is -2.35. The Hall–Kier alpha value is -2.08. The van der Waals surface area contributed by atoms with Crippen LogP contribution in [-0.4, -0.2) is 41.6 Å². The highest BCUT2D eigenvalue weighted by molar-refractivity contribution is 6.30. The Morgan fingerprint density at radius 3 is 2.31 bits per heavy atom. The van der Waals surface area contributed by atoms with Crippen molar-refractivity contribution in [3.05, 3.63) is 69.7 Å². The van der Waals surface area contributed by atoms with Gasteiger partial charge in [-0.3, -0.25) is 4.79 Å². The van der Waals surface area contributed by atoms with Gasteiger partial charge in [-0.2, -0.15) is 4.58 Å². The Morgan fingerprint density at radius 2 is 1.77 bits per heavy atom. The minimum absolute atomic E-state index is 0.0466. The normalized spacial score (nSPS) is 28.8. The molecule has 35 heavy (non-hydrogen) atoms. The molecule has 0 radical (unpaired) electrons. The third kappa shape index (κ3) is 4.59. The molecule has 1 fully saturated rings. The summed E-state index contributed by atoms with van der Waals surface area (Å²) >= 11 is 12.7. The van der Waals surface area contributed by atoms with Gasteiger partial charge in [0.05, 0.1) is 13.0 Å². The fourth-order valence-corrected chi connectivity index (χ4v) is 6.21. The zero-order valence-corrected chi connectivity index (χ0v) is 22.8. The quantitative estimate of drug-likeness (QED) is 0.539. The molecule has 1 amide bonds. The van der Waals surface area contributed by atoms with Gasteiger partial charge in [0.25, 0.3) is 5.91 Å². The van der Waals surface area contributed by atoms with E-state index in [-0.39, 0.29) is 35.2 Å². The number of nitrogens with zero attached hydrogens (tertiary/aromatic N) is 1. The number of fused-ring (bicyclic) bond motifs is 1. The van der Waals surface area contributed by atoms with Gasteiger partial charge in [-0.05, 0) is 46.7 Å². The van der Waals surface area contributed by atoms with Crippen molar-refractivity contribution < 1.29 is 14.1 Å². The topological polar surface area (TPSA) is 67.4 Å². The molecule has 5 atom stereocenters. The Balaban J connectivity index is 2.08. The number of ether oxygens (including phenoxy) is 1. The number of benzene rings is 2. The van der Waals surface area contributed by atoms with Crippen LogP contribution in [0.4, 0.5) is 0 Å². The lowest BCUT2D eigenvalue weighted by Crippen LogP contribution is -2.61. The lowest BCUT2D eigenvalue weighted by molar-refractivity contribution is -0.586. The molecule has 5 unspecified atom stereocenters. The summed E-state index contributed by atoms with van der Waals surface area (Å²) in [6.07, 6.45) is 0.755. The second-order valence-electron chi connectivity index (χ2n) is 11.4. The number of hydrogen-bond donors (Lipinski definition) is 2. The summed E-state index contributed by atoms with van der Waals surface area (Å²) in [5.74, 6) is 0.493. The van der Waals surface area contributed by atoms with Crippen molar-refractivity contribution in [1.82, 2.24) is 5.32 Å². The zero-order chi connectivity index (χ0) is 25.7. The van der Waals surface area contributed by atoms with Crippen LogP contribution in [0.3, 0.4) is 0 Å². The molecule has 2 heterocycles. The van der Waals surface area contributed by atoms with Crippen molar-refractivity contribution in [2.24, 2.45) is 17.1 Å². The highest BCUT2D eigenvalue weighted by Gasteiger charge is 2.69. The van der Waals surface area contributed by atoms with Crippen molar-refractivity contribution in [2.45, 2.75) is 70.6 Å². The molecule has 3 N–H and O–H groups in total. The van der Waals surface area contributed by atoms with Gasteiger partial charge in [0.2, 0.25) is 6.04 Å². The van der Waals surface area contributed by atoms with Crippen LogP contribution >= 0.6 is 23.2 Å². The van der Waals surface area contributed by atoms with E-state index in [4.69, 9.17) is 33.7 Å². The van der Waals surface area contributed by atoms with Crippen LogP contribution in [0.15, 0.2) is 48.5 Å². The van der Waals surface area contributed by atoms with E-state index in [9.17, 15) is 4.79 Å². The van der Waals surface area contributed by atoms with Gasteiger partial charge < -0.3 is 15.8 Å². The number of nitrogens with two attached hydrogens (primary N) is 1. The van der Waals surface area contributed by atoms with Crippen molar-refractivity contribution in [2.75, 3.05) is 7.11 Å². The maximum Gasteiger partial charge on any atom is 0.360 e. The molecule has 0 spiro atoms. The van der Waals surface area contributed by atoms with Gasteiger partial charge >= 0.3 is 5.90 Å². The summed E-state index contributed by atoms with van der Waals surface area (Å²) in [4.78, 5) is 13.9. The number of carbonyl (C=O) groups excluding carboxylic acids is 1. The first kappa shape index (κ1) is 26.0. The first-order valence-electron chi connectivity index (χ1n) is 12.2. The molecule has 0 aliphatic carbocycles. The molecule has 1 saturated heterocycles. The number of methoxy groups -OCH3 is 1. The molecule has 188 valence electrons. The minimum atomic E-state index is -0.916. The summed E-state index contributed by atoms with van der Waals surface area (Å²) in [5.41, 5.74) is 8.47. The minimum Gasteiger partial charge on any atom is -0.450 e. The van der Waals surface area contributed by atoms with Gasteiger partial charge in [0, 0.05) is 16.5 Å². The number of halogens is 2. The first-order chi connectivity index (χ1) is 16.4. The summed E-state index contributed by atoms with van der Waals surface area (Å²) in [6, 6.07) is 14.4. The van der Waals surface area contributed by atoms with E-state index in [1.807, 2.05) is 48.5 Å². The smallest absolute Gasteiger partial charge is 0.360 e.